The molecule has 0 aliphatic carbocycles. The van der Waals surface area contributed by atoms with Crippen LogP contribution >= 0.6 is 0 Å². The molecule has 0 aromatic heterocycles. The molecule has 0 aliphatic rings. The van der Waals surface area contributed by atoms with Crippen molar-refractivity contribution in [3.63, 3.8) is 0 Å². The number of nitrogens with one attached hydrogen (secondary N) is 1. The molecule has 2 amide bonds. The minimum atomic E-state index is -0.330. The van der Waals surface area contributed by atoms with Crippen molar-refractivity contribution in [2.75, 3.05) is 20.2 Å². The quantitative estimate of drug-likeness (QED) is 0.804. The maximum absolute atomic E-state index is 12.5. The Balaban J connectivity index is 1.87. The lowest BCUT2D eigenvalue weighted by Gasteiger charge is -2.22. The summed E-state index contributed by atoms with van der Waals surface area (Å²) in [5.74, 6) is 0.583. The molecule has 0 radical (unpaired) electrons. The molecule has 132 valence electrons. The Morgan fingerprint density at radius 2 is 1.64 bits per heavy atom. The summed E-state index contributed by atoms with van der Waals surface area (Å²) in [6.07, 6.45) is 0.214. The average Bonchev–Trinajstić information content (AvgIpc) is 2.62. The third kappa shape index (κ3) is 6.30. The number of ether oxygens (including phenoxy) is 1. The van der Waals surface area contributed by atoms with Gasteiger partial charge in [0.25, 0.3) is 0 Å². The molecule has 0 heterocycles. The van der Waals surface area contributed by atoms with Crippen LogP contribution in [0.1, 0.15) is 24.9 Å². The van der Waals surface area contributed by atoms with Gasteiger partial charge in [-0.25, -0.2) is 0 Å². The Bertz CT molecular complexity index is 674. The largest absolute Gasteiger partial charge is 0.492 e. The lowest BCUT2D eigenvalue weighted by Crippen LogP contribution is -2.35. The summed E-state index contributed by atoms with van der Waals surface area (Å²) in [6.45, 7) is 2.36. The summed E-state index contributed by atoms with van der Waals surface area (Å²) in [7, 11) is 1.74. The standard InChI is InChI=1S/C20H24N2O3/c1-16(23)21-19(17-9-5-3-6-10-17)15-20(24)22(2)13-14-25-18-11-7-4-8-12-18/h3-12,19H,13-15H2,1-2H3,(H,21,23). The average molecular weight is 340 g/mol. The molecule has 2 aromatic carbocycles. The van der Waals surface area contributed by atoms with E-state index in [1.165, 1.54) is 6.92 Å². The Hall–Kier alpha value is -2.82. The third-order valence-electron chi connectivity index (χ3n) is 3.82. The van der Waals surface area contributed by atoms with Gasteiger partial charge in [0.05, 0.1) is 19.0 Å². The minimum Gasteiger partial charge on any atom is -0.492 e. The van der Waals surface area contributed by atoms with Crippen LogP contribution in [0.3, 0.4) is 0 Å². The molecule has 2 aromatic rings. The number of carbonyl (C=O) groups is 2. The molecule has 1 atom stereocenters. The van der Waals surface area contributed by atoms with Gasteiger partial charge in [0.15, 0.2) is 0 Å². The lowest BCUT2D eigenvalue weighted by molar-refractivity contribution is -0.131. The molecule has 1 unspecified atom stereocenters. The van der Waals surface area contributed by atoms with Gasteiger partial charge in [-0.05, 0) is 17.7 Å². The van der Waals surface area contributed by atoms with Gasteiger partial charge in [0.2, 0.25) is 11.8 Å². The van der Waals surface area contributed by atoms with Crippen molar-refractivity contribution < 1.29 is 14.3 Å². The fraction of sp³-hybridized carbons (Fsp3) is 0.300. The van der Waals surface area contributed by atoms with Gasteiger partial charge in [0, 0.05) is 14.0 Å². The van der Waals surface area contributed by atoms with Crippen molar-refractivity contribution in [2.24, 2.45) is 0 Å². The fourth-order valence-electron chi connectivity index (χ4n) is 2.46. The van der Waals surface area contributed by atoms with E-state index >= 15 is 0 Å². The predicted molar refractivity (Wildman–Crippen MR) is 97.2 cm³/mol. The third-order valence-corrected chi connectivity index (χ3v) is 3.82. The molecule has 0 fully saturated rings. The van der Waals surface area contributed by atoms with Gasteiger partial charge >= 0.3 is 0 Å². The summed E-state index contributed by atoms with van der Waals surface area (Å²) >= 11 is 0. The van der Waals surface area contributed by atoms with E-state index in [4.69, 9.17) is 4.74 Å². The molecule has 25 heavy (non-hydrogen) atoms. The van der Waals surface area contributed by atoms with Crippen LogP contribution in [0.15, 0.2) is 60.7 Å². The highest BCUT2D eigenvalue weighted by Crippen LogP contribution is 2.17. The summed E-state index contributed by atoms with van der Waals surface area (Å²) < 4.78 is 5.62. The van der Waals surface area contributed by atoms with Gasteiger partial charge in [-0.2, -0.15) is 0 Å². The number of hydrogen-bond acceptors (Lipinski definition) is 3. The summed E-state index contributed by atoms with van der Waals surface area (Å²) in [6, 6.07) is 18.7. The minimum absolute atomic E-state index is 0.0423. The molecule has 5 nitrogen and oxygen atoms in total. The molecule has 0 bridgehead atoms. The van der Waals surface area contributed by atoms with E-state index in [2.05, 4.69) is 5.32 Å². The van der Waals surface area contributed by atoms with Crippen molar-refractivity contribution in [1.29, 1.82) is 0 Å². The van der Waals surface area contributed by atoms with E-state index in [9.17, 15) is 9.59 Å². The van der Waals surface area contributed by atoms with Crippen molar-refractivity contribution in [2.45, 2.75) is 19.4 Å². The van der Waals surface area contributed by atoms with Crippen LogP contribution in [0.25, 0.3) is 0 Å². The van der Waals surface area contributed by atoms with Crippen LogP contribution in [0, 0.1) is 0 Å². The van der Waals surface area contributed by atoms with Crippen LogP contribution < -0.4 is 10.1 Å². The van der Waals surface area contributed by atoms with E-state index in [1.54, 1.807) is 11.9 Å². The monoisotopic (exact) mass is 340 g/mol. The molecule has 5 heteroatoms. The molecule has 0 spiro atoms. The van der Waals surface area contributed by atoms with Crippen molar-refractivity contribution in [3.8, 4) is 5.75 Å². The van der Waals surface area contributed by atoms with Gasteiger partial charge < -0.3 is 15.0 Å². The highest BCUT2D eigenvalue weighted by molar-refractivity contribution is 5.79. The lowest BCUT2D eigenvalue weighted by atomic mass is 10.0. The highest BCUT2D eigenvalue weighted by atomic mass is 16.5. The van der Waals surface area contributed by atoms with Gasteiger partial charge in [0.1, 0.15) is 12.4 Å². The fourth-order valence-corrected chi connectivity index (χ4v) is 2.46. The first kappa shape index (κ1) is 18.5. The first-order valence-corrected chi connectivity index (χ1v) is 8.30. The molecular weight excluding hydrogens is 316 g/mol. The van der Waals surface area contributed by atoms with Crippen LogP contribution in [0.5, 0.6) is 5.75 Å². The molecule has 0 aliphatic heterocycles. The Kier molecular flexibility index (Phi) is 7.01. The number of likely N-dealkylation sites (N-methyl/N-ethyl adjacent to an activating group) is 1. The van der Waals surface area contributed by atoms with E-state index < -0.39 is 0 Å². The van der Waals surface area contributed by atoms with Crippen LogP contribution in [-0.4, -0.2) is 36.9 Å². The first-order valence-electron chi connectivity index (χ1n) is 8.30. The van der Waals surface area contributed by atoms with Gasteiger partial charge in [-0.1, -0.05) is 48.5 Å². The zero-order valence-corrected chi connectivity index (χ0v) is 14.6. The SMILES string of the molecule is CC(=O)NC(CC(=O)N(C)CCOc1ccccc1)c1ccccc1. The van der Waals surface area contributed by atoms with Crippen LogP contribution in [0.2, 0.25) is 0 Å². The van der Waals surface area contributed by atoms with Crippen molar-refractivity contribution in [1.82, 2.24) is 10.2 Å². The van der Waals surface area contributed by atoms with Gasteiger partial charge in [-0.3, -0.25) is 9.59 Å². The van der Waals surface area contributed by atoms with Gasteiger partial charge in [-0.15, -0.1) is 0 Å². The van der Waals surface area contributed by atoms with E-state index in [0.717, 1.165) is 11.3 Å². The Morgan fingerprint density at radius 3 is 2.24 bits per heavy atom. The number of rotatable bonds is 8. The second-order valence-corrected chi connectivity index (χ2v) is 5.84. The van der Waals surface area contributed by atoms with E-state index in [-0.39, 0.29) is 24.3 Å². The molecule has 0 saturated heterocycles. The summed E-state index contributed by atoms with van der Waals surface area (Å²) in [5.41, 5.74) is 0.917. The molecule has 2 rings (SSSR count). The maximum atomic E-state index is 12.5. The Labute approximate surface area is 148 Å². The number of para-hydroxylation sites is 1. The van der Waals surface area contributed by atoms with E-state index in [0.29, 0.717) is 13.2 Å². The number of carbonyl (C=O) groups excluding carboxylic acids is 2. The van der Waals surface area contributed by atoms with Crippen LogP contribution in [-0.2, 0) is 9.59 Å². The number of nitrogens with zero attached hydrogens (tertiary/aromatic N) is 1. The second-order valence-electron chi connectivity index (χ2n) is 5.84. The number of amides is 2. The first-order chi connectivity index (χ1) is 12.1. The maximum Gasteiger partial charge on any atom is 0.224 e. The van der Waals surface area contributed by atoms with Crippen molar-refractivity contribution in [3.05, 3.63) is 66.2 Å². The zero-order chi connectivity index (χ0) is 18.1. The Morgan fingerprint density at radius 1 is 1.04 bits per heavy atom. The van der Waals surface area contributed by atoms with Crippen LogP contribution in [0.4, 0.5) is 0 Å². The zero-order valence-electron chi connectivity index (χ0n) is 14.6. The number of benzene rings is 2. The number of hydrogen-bond donors (Lipinski definition) is 1. The van der Waals surface area contributed by atoms with Crippen molar-refractivity contribution >= 4 is 11.8 Å². The smallest absolute Gasteiger partial charge is 0.224 e. The predicted octanol–water partition coefficient (Wildman–Crippen LogP) is 2.79. The highest BCUT2D eigenvalue weighted by Gasteiger charge is 2.19. The summed E-state index contributed by atoms with van der Waals surface area (Å²) in [5, 5.41) is 2.85. The molecule has 0 saturated carbocycles. The molecular formula is C20H24N2O3. The van der Waals surface area contributed by atoms with E-state index in [1.807, 2.05) is 60.7 Å². The molecule has 1 N–H and O–H groups in total. The topological polar surface area (TPSA) is 58.6 Å². The summed E-state index contributed by atoms with van der Waals surface area (Å²) in [4.78, 5) is 25.5. The normalized spacial score (nSPS) is 11.4. The second kappa shape index (κ2) is 9.47.